The second-order valence-electron chi connectivity index (χ2n) is 6.58. The second kappa shape index (κ2) is 9.22. The monoisotopic (exact) mass is 402 g/mol. The van der Waals surface area contributed by atoms with Crippen molar-refractivity contribution in [1.82, 2.24) is 19.3 Å². The van der Waals surface area contributed by atoms with Gasteiger partial charge in [0.05, 0.1) is 6.54 Å². The number of carbonyl (C=O) groups excluding carboxylic acids is 2. The first-order chi connectivity index (χ1) is 13.2. The lowest BCUT2D eigenvalue weighted by molar-refractivity contribution is -0.140. The predicted octanol–water partition coefficient (Wildman–Crippen LogP) is 0.880. The number of likely N-dealkylation sites (N-methyl/N-ethyl adjacent to an activating group) is 1. The SMILES string of the molecule is CCN(CC)C(=O)CN1CCN(C(=O)Cn2cccc(C(F)(F)F)c2=O)CC1. The number of piperazine rings is 1. The standard InChI is InChI=1S/C18H25F3N4O3/c1-3-23(4-2)15(26)12-22-8-10-24(11-9-22)16(27)13-25-7-5-6-14(17(25)28)18(19,20)21/h5-7H,3-4,8-13H2,1-2H3. The van der Waals surface area contributed by atoms with Crippen molar-refractivity contribution in [2.24, 2.45) is 0 Å². The van der Waals surface area contributed by atoms with Crippen LogP contribution in [0.5, 0.6) is 0 Å². The third-order valence-electron chi connectivity index (χ3n) is 4.83. The van der Waals surface area contributed by atoms with Crippen LogP contribution in [-0.2, 0) is 22.3 Å². The molecule has 28 heavy (non-hydrogen) atoms. The van der Waals surface area contributed by atoms with Gasteiger partial charge in [0.15, 0.2) is 0 Å². The van der Waals surface area contributed by atoms with E-state index in [0.717, 1.165) is 10.6 Å². The summed E-state index contributed by atoms with van der Waals surface area (Å²) in [5, 5.41) is 0. The minimum atomic E-state index is -4.76. The highest BCUT2D eigenvalue weighted by Crippen LogP contribution is 2.25. The Bertz CT molecular complexity index is 751. The third-order valence-corrected chi connectivity index (χ3v) is 4.83. The smallest absolute Gasteiger partial charge is 0.342 e. The summed E-state index contributed by atoms with van der Waals surface area (Å²) in [4.78, 5) is 41.7. The van der Waals surface area contributed by atoms with E-state index in [-0.39, 0.29) is 12.5 Å². The molecule has 2 amide bonds. The number of hydrogen-bond acceptors (Lipinski definition) is 4. The number of carbonyl (C=O) groups is 2. The predicted molar refractivity (Wildman–Crippen MR) is 96.7 cm³/mol. The zero-order chi connectivity index (χ0) is 20.9. The van der Waals surface area contributed by atoms with Crippen molar-refractivity contribution in [2.45, 2.75) is 26.6 Å². The van der Waals surface area contributed by atoms with Gasteiger partial charge in [-0.3, -0.25) is 19.3 Å². The lowest BCUT2D eigenvalue weighted by Crippen LogP contribution is -2.52. The van der Waals surface area contributed by atoms with Crippen molar-refractivity contribution in [3.8, 4) is 0 Å². The zero-order valence-corrected chi connectivity index (χ0v) is 16.0. The van der Waals surface area contributed by atoms with Gasteiger partial charge in [0.2, 0.25) is 11.8 Å². The molecule has 0 spiro atoms. The lowest BCUT2D eigenvalue weighted by atomic mass is 10.2. The maximum Gasteiger partial charge on any atom is 0.421 e. The first kappa shape index (κ1) is 21.9. The molecule has 1 aliphatic rings. The van der Waals surface area contributed by atoms with Crippen LogP contribution in [0.4, 0.5) is 13.2 Å². The van der Waals surface area contributed by atoms with E-state index < -0.39 is 29.8 Å². The highest BCUT2D eigenvalue weighted by Gasteiger charge is 2.34. The molecule has 0 atom stereocenters. The van der Waals surface area contributed by atoms with Crippen LogP contribution in [0.2, 0.25) is 0 Å². The van der Waals surface area contributed by atoms with Crippen molar-refractivity contribution in [3.05, 3.63) is 34.2 Å². The molecule has 0 aliphatic carbocycles. The van der Waals surface area contributed by atoms with E-state index in [9.17, 15) is 27.6 Å². The van der Waals surface area contributed by atoms with Crippen LogP contribution in [0.15, 0.2) is 23.1 Å². The molecule has 0 bridgehead atoms. The van der Waals surface area contributed by atoms with Crippen molar-refractivity contribution < 1.29 is 22.8 Å². The number of hydrogen-bond donors (Lipinski definition) is 0. The summed E-state index contributed by atoms with van der Waals surface area (Å²) in [5.41, 5.74) is -2.52. The summed E-state index contributed by atoms with van der Waals surface area (Å²) in [5.74, 6) is -0.392. The van der Waals surface area contributed by atoms with Crippen molar-refractivity contribution in [3.63, 3.8) is 0 Å². The Kier molecular flexibility index (Phi) is 7.22. The van der Waals surface area contributed by atoms with E-state index in [4.69, 9.17) is 0 Å². The Hall–Kier alpha value is -2.36. The fourth-order valence-electron chi connectivity index (χ4n) is 3.15. The van der Waals surface area contributed by atoms with Crippen molar-refractivity contribution >= 4 is 11.8 Å². The Morgan fingerprint density at radius 3 is 2.21 bits per heavy atom. The molecule has 2 heterocycles. The Labute approximate surface area is 161 Å². The van der Waals surface area contributed by atoms with Crippen LogP contribution in [0.25, 0.3) is 0 Å². The molecule has 0 saturated carbocycles. The van der Waals surface area contributed by atoms with Crippen LogP contribution >= 0.6 is 0 Å². The Balaban J connectivity index is 1.93. The molecular weight excluding hydrogens is 377 g/mol. The molecular formula is C18H25F3N4O3. The molecule has 0 aromatic carbocycles. The summed E-state index contributed by atoms with van der Waals surface area (Å²) >= 11 is 0. The largest absolute Gasteiger partial charge is 0.421 e. The molecule has 1 aliphatic heterocycles. The van der Waals surface area contributed by atoms with Crippen LogP contribution in [0.1, 0.15) is 19.4 Å². The molecule has 1 aromatic rings. The normalized spacial score (nSPS) is 15.5. The lowest BCUT2D eigenvalue weighted by Gasteiger charge is -2.35. The van der Waals surface area contributed by atoms with Gasteiger partial charge in [-0.2, -0.15) is 13.2 Å². The van der Waals surface area contributed by atoms with E-state index in [1.807, 2.05) is 18.7 Å². The number of aromatic nitrogens is 1. The third kappa shape index (κ3) is 5.34. The number of nitrogens with zero attached hydrogens (tertiary/aromatic N) is 4. The summed E-state index contributed by atoms with van der Waals surface area (Å²) in [6.07, 6.45) is -3.58. The molecule has 156 valence electrons. The summed E-state index contributed by atoms with van der Waals surface area (Å²) < 4.78 is 39.3. The molecule has 0 N–H and O–H groups in total. The molecule has 0 unspecified atom stereocenters. The maximum absolute atomic E-state index is 12.8. The van der Waals surface area contributed by atoms with Gasteiger partial charge in [-0.1, -0.05) is 0 Å². The van der Waals surface area contributed by atoms with Gasteiger partial charge < -0.3 is 14.4 Å². The minimum absolute atomic E-state index is 0.0281. The molecule has 10 heteroatoms. The van der Waals surface area contributed by atoms with E-state index in [1.54, 1.807) is 4.90 Å². The van der Waals surface area contributed by atoms with E-state index in [1.165, 1.54) is 11.1 Å². The minimum Gasteiger partial charge on any atom is -0.342 e. The second-order valence-corrected chi connectivity index (χ2v) is 6.58. The maximum atomic E-state index is 12.8. The van der Waals surface area contributed by atoms with Gasteiger partial charge in [-0.05, 0) is 26.0 Å². The van der Waals surface area contributed by atoms with Gasteiger partial charge in [0, 0.05) is 45.5 Å². The van der Waals surface area contributed by atoms with Gasteiger partial charge in [-0.25, -0.2) is 0 Å². The van der Waals surface area contributed by atoms with Gasteiger partial charge in [0.1, 0.15) is 12.1 Å². The van der Waals surface area contributed by atoms with Crippen LogP contribution in [0, 0.1) is 0 Å². The van der Waals surface area contributed by atoms with E-state index in [0.29, 0.717) is 45.3 Å². The molecule has 1 saturated heterocycles. The topological polar surface area (TPSA) is 65.9 Å². The van der Waals surface area contributed by atoms with E-state index in [2.05, 4.69) is 0 Å². The Morgan fingerprint density at radius 2 is 1.68 bits per heavy atom. The number of alkyl halides is 3. The van der Waals surface area contributed by atoms with Gasteiger partial charge in [0.25, 0.3) is 5.56 Å². The fraction of sp³-hybridized carbons (Fsp3) is 0.611. The first-order valence-corrected chi connectivity index (χ1v) is 9.21. The molecule has 7 nitrogen and oxygen atoms in total. The highest BCUT2D eigenvalue weighted by molar-refractivity contribution is 5.78. The van der Waals surface area contributed by atoms with E-state index >= 15 is 0 Å². The highest BCUT2D eigenvalue weighted by atomic mass is 19.4. The number of amides is 2. The molecule has 2 rings (SSSR count). The van der Waals surface area contributed by atoms with Crippen LogP contribution in [-0.4, -0.2) is 76.9 Å². The van der Waals surface area contributed by atoms with Gasteiger partial charge >= 0.3 is 6.18 Å². The summed E-state index contributed by atoms with van der Waals surface area (Å²) in [6, 6.07) is 1.81. The van der Waals surface area contributed by atoms with Crippen molar-refractivity contribution in [2.75, 3.05) is 45.8 Å². The number of pyridine rings is 1. The molecule has 1 aromatic heterocycles. The number of rotatable bonds is 6. The zero-order valence-electron chi connectivity index (χ0n) is 16.0. The number of halogens is 3. The molecule has 0 radical (unpaired) electrons. The quantitative estimate of drug-likeness (QED) is 0.709. The van der Waals surface area contributed by atoms with Crippen LogP contribution < -0.4 is 5.56 Å². The summed E-state index contributed by atoms with van der Waals surface area (Å²) in [6.45, 7) is 6.64. The van der Waals surface area contributed by atoms with Crippen LogP contribution in [0.3, 0.4) is 0 Å². The van der Waals surface area contributed by atoms with Crippen molar-refractivity contribution in [1.29, 1.82) is 0 Å². The molecule has 1 fully saturated rings. The van der Waals surface area contributed by atoms with Gasteiger partial charge in [-0.15, -0.1) is 0 Å². The average molecular weight is 402 g/mol. The Morgan fingerprint density at radius 1 is 1.07 bits per heavy atom. The summed E-state index contributed by atoms with van der Waals surface area (Å²) in [7, 11) is 0. The fourth-order valence-corrected chi connectivity index (χ4v) is 3.15. The first-order valence-electron chi connectivity index (χ1n) is 9.21. The average Bonchev–Trinajstić information content (AvgIpc) is 2.64.